The number of oxime groups is 1. The van der Waals surface area contributed by atoms with Crippen LogP contribution in [0.15, 0.2) is 5.16 Å². The van der Waals surface area contributed by atoms with Gasteiger partial charge in [0.25, 0.3) is 0 Å². The molecule has 6 heteroatoms. The molecule has 0 aromatic heterocycles. The zero-order valence-corrected chi connectivity index (χ0v) is 9.49. The molecule has 0 atom stereocenters. The Balaban J connectivity index is 0.00000121. The van der Waals surface area contributed by atoms with Crippen LogP contribution in [0.1, 0.15) is 20.3 Å². The van der Waals surface area contributed by atoms with E-state index in [1.807, 2.05) is 13.8 Å². The molecule has 4 nitrogen and oxygen atoms in total. The van der Waals surface area contributed by atoms with Crippen LogP contribution in [0, 0.1) is 5.41 Å². The lowest BCUT2D eigenvalue weighted by Gasteiger charge is -2.12. The average Bonchev–Trinajstić information content (AvgIpc) is 2.08. The van der Waals surface area contributed by atoms with E-state index >= 15 is 0 Å². The highest BCUT2D eigenvalue weighted by Crippen LogP contribution is 2.26. The van der Waals surface area contributed by atoms with Crippen LogP contribution < -0.4 is 5.73 Å². The van der Waals surface area contributed by atoms with E-state index in [9.17, 15) is 0 Å². The van der Waals surface area contributed by atoms with Crippen LogP contribution in [-0.4, -0.2) is 15.8 Å². The van der Waals surface area contributed by atoms with Crippen molar-refractivity contribution in [1.82, 2.24) is 0 Å². The molecule has 0 unspecified atom stereocenters. The molecular formula is C6H12BrN3OS. The minimum Gasteiger partial charge on any atom is -0.389 e. The van der Waals surface area contributed by atoms with E-state index in [0.29, 0.717) is 0 Å². The Morgan fingerprint density at radius 3 is 2.67 bits per heavy atom. The van der Waals surface area contributed by atoms with Crippen molar-refractivity contribution >= 4 is 39.0 Å². The van der Waals surface area contributed by atoms with E-state index in [2.05, 4.69) is 5.16 Å². The number of nitrogens with two attached hydrogens (primary N) is 1. The maximum absolute atomic E-state index is 6.99. The highest BCUT2D eigenvalue weighted by Gasteiger charge is 2.29. The van der Waals surface area contributed by atoms with Crippen molar-refractivity contribution < 1.29 is 4.84 Å². The summed E-state index contributed by atoms with van der Waals surface area (Å²) in [4.78, 5) is 5.07. The van der Waals surface area contributed by atoms with Gasteiger partial charge in [-0.2, -0.15) is 0 Å². The van der Waals surface area contributed by atoms with Crippen molar-refractivity contribution in [2.24, 2.45) is 10.9 Å². The Bertz CT molecular complexity index is 217. The van der Waals surface area contributed by atoms with Crippen LogP contribution in [0.2, 0.25) is 0 Å². The standard InChI is InChI=1S/C6H11N3OS.BrH/c1-6(2)3-4(9-10-6)11-5(7)8;/h3H2,1-2H3,(H3,7,8);1H. The number of nitrogens with zero attached hydrogens (tertiary/aromatic N) is 1. The second kappa shape index (κ2) is 4.13. The van der Waals surface area contributed by atoms with Gasteiger partial charge in [-0.05, 0) is 25.6 Å². The van der Waals surface area contributed by atoms with Gasteiger partial charge in [0.15, 0.2) is 5.17 Å². The molecule has 0 saturated heterocycles. The molecule has 0 bridgehead atoms. The van der Waals surface area contributed by atoms with Crippen LogP contribution >= 0.6 is 28.7 Å². The quantitative estimate of drug-likeness (QED) is 0.510. The molecule has 0 radical (unpaired) electrons. The van der Waals surface area contributed by atoms with Gasteiger partial charge in [0.05, 0.1) is 0 Å². The molecule has 0 aromatic carbocycles. The number of thioether (sulfide) groups is 1. The average molecular weight is 254 g/mol. The van der Waals surface area contributed by atoms with Gasteiger partial charge in [-0.1, -0.05) is 5.16 Å². The first-order valence-electron chi connectivity index (χ1n) is 3.26. The molecule has 70 valence electrons. The maximum atomic E-state index is 6.99. The SMILES string of the molecule is Br.CC1(C)CC(SC(=N)N)=NO1. The van der Waals surface area contributed by atoms with Crippen molar-refractivity contribution in [3.05, 3.63) is 0 Å². The zero-order chi connectivity index (χ0) is 8.48. The Kier molecular flexibility index (Phi) is 4.05. The van der Waals surface area contributed by atoms with Crippen molar-refractivity contribution in [3.63, 3.8) is 0 Å². The summed E-state index contributed by atoms with van der Waals surface area (Å²) in [5.41, 5.74) is 4.95. The number of rotatable bonds is 0. The molecule has 0 amide bonds. The predicted molar refractivity (Wildman–Crippen MR) is 57.0 cm³/mol. The van der Waals surface area contributed by atoms with Crippen LogP contribution in [0.3, 0.4) is 0 Å². The molecule has 1 aliphatic rings. The van der Waals surface area contributed by atoms with Crippen LogP contribution in [0.5, 0.6) is 0 Å². The fourth-order valence-electron chi connectivity index (χ4n) is 0.785. The summed E-state index contributed by atoms with van der Waals surface area (Å²) >= 11 is 1.15. The molecule has 1 heterocycles. The molecule has 12 heavy (non-hydrogen) atoms. The molecule has 1 aliphatic heterocycles. The summed E-state index contributed by atoms with van der Waals surface area (Å²) in [6.45, 7) is 3.90. The Morgan fingerprint density at radius 2 is 2.33 bits per heavy atom. The van der Waals surface area contributed by atoms with Gasteiger partial charge in [0, 0.05) is 6.42 Å². The van der Waals surface area contributed by atoms with E-state index in [4.69, 9.17) is 16.0 Å². The van der Waals surface area contributed by atoms with E-state index < -0.39 is 0 Å². The summed E-state index contributed by atoms with van der Waals surface area (Å²) in [6, 6.07) is 0. The summed E-state index contributed by atoms with van der Waals surface area (Å²) in [6.07, 6.45) is 0.733. The second-order valence-electron chi connectivity index (χ2n) is 2.98. The molecule has 0 aliphatic carbocycles. The van der Waals surface area contributed by atoms with Gasteiger partial charge in [-0.15, -0.1) is 17.0 Å². The van der Waals surface area contributed by atoms with Crippen molar-refractivity contribution in [2.75, 3.05) is 0 Å². The molecule has 0 fully saturated rings. The number of halogens is 1. The molecule has 0 aromatic rings. The lowest BCUT2D eigenvalue weighted by atomic mass is 10.1. The fraction of sp³-hybridized carbons (Fsp3) is 0.667. The third-order valence-electron chi connectivity index (χ3n) is 1.20. The second-order valence-corrected chi connectivity index (χ2v) is 4.09. The molecule has 3 N–H and O–H groups in total. The van der Waals surface area contributed by atoms with Gasteiger partial charge in [-0.25, -0.2) is 0 Å². The number of hydrogen-bond donors (Lipinski definition) is 2. The first kappa shape index (κ1) is 11.8. The van der Waals surface area contributed by atoms with Crippen molar-refractivity contribution in [1.29, 1.82) is 5.41 Å². The highest BCUT2D eigenvalue weighted by atomic mass is 79.9. The smallest absolute Gasteiger partial charge is 0.157 e. The van der Waals surface area contributed by atoms with Crippen molar-refractivity contribution in [2.45, 2.75) is 25.9 Å². The highest BCUT2D eigenvalue weighted by molar-refractivity contribution is 8.93. The fourth-order valence-corrected chi connectivity index (χ4v) is 1.53. The number of hydrogen-bond acceptors (Lipinski definition) is 4. The summed E-state index contributed by atoms with van der Waals surface area (Å²) in [5, 5.41) is 11.6. The Morgan fingerprint density at radius 1 is 1.75 bits per heavy atom. The van der Waals surface area contributed by atoms with Crippen molar-refractivity contribution in [3.8, 4) is 0 Å². The summed E-state index contributed by atoms with van der Waals surface area (Å²) in [5.74, 6) is 0. The Hall–Kier alpha value is -0.230. The monoisotopic (exact) mass is 253 g/mol. The zero-order valence-electron chi connectivity index (χ0n) is 6.96. The van der Waals surface area contributed by atoms with E-state index in [1.165, 1.54) is 0 Å². The van der Waals surface area contributed by atoms with Crippen LogP contribution in [0.4, 0.5) is 0 Å². The molecule has 1 rings (SSSR count). The lowest BCUT2D eigenvalue weighted by molar-refractivity contribution is 0.0123. The van der Waals surface area contributed by atoms with Crippen LogP contribution in [-0.2, 0) is 4.84 Å². The molecule has 0 spiro atoms. The summed E-state index contributed by atoms with van der Waals surface area (Å²) in [7, 11) is 0. The van der Waals surface area contributed by atoms with Crippen LogP contribution in [0.25, 0.3) is 0 Å². The minimum atomic E-state index is -0.224. The number of amidine groups is 1. The third kappa shape index (κ3) is 3.44. The van der Waals surface area contributed by atoms with Gasteiger partial charge >= 0.3 is 0 Å². The first-order chi connectivity index (χ1) is 4.99. The third-order valence-corrected chi connectivity index (χ3v) is 1.87. The van der Waals surface area contributed by atoms with E-state index in [1.54, 1.807) is 0 Å². The normalized spacial score (nSPS) is 19.0. The van der Waals surface area contributed by atoms with Gasteiger partial charge in [-0.3, -0.25) is 5.41 Å². The minimum absolute atomic E-state index is 0. The lowest BCUT2D eigenvalue weighted by Crippen LogP contribution is -2.19. The van der Waals surface area contributed by atoms with E-state index in [-0.39, 0.29) is 27.8 Å². The Labute approximate surface area is 86.2 Å². The molecule has 0 saturated carbocycles. The first-order valence-corrected chi connectivity index (χ1v) is 4.08. The maximum Gasteiger partial charge on any atom is 0.157 e. The summed E-state index contributed by atoms with van der Waals surface area (Å²) < 4.78 is 0. The van der Waals surface area contributed by atoms with Gasteiger partial charge < -0.3 is 10.6 Å². The largest absolute Gasteiger partial charge is 0.389 e. The molecular weight excluding hydrogens is 242 g/mol. The van der Waals surface area contributed by atoms with Gasteiger partial charge in [0.1, 0.15) is 10.6 Å². The topological polar surface area (TPSA) is 71.5 Å². The van der Waals surface area contributed by atoms with E-state index in [0.717, 1.165) is 23.2 Å². The van der Waals surface area contributed by atoms with Gasteiger partial charge in [0.2, 0.25) is 0 Å². The predicted octanol–water partition coefficient (Wildman–Crippen LogP) is 1.70. The number of nitrogens with one attached hydrogen (secondary N) is 1.